The molecule has 1 aliphatic rings. The molecule has 1 aliphatic heterocycles. The van der Waals surface area contributed by atoms with Crippen LogP contribution in [0.2, 0.25) is 4.34 Å². The van der Waals surface area contributed by atoms with Crippen LogP contribution in [0.4, 0.5) is 0 Å². The molecule has 54 valence electrons. The van der Waals surface area contributed by atoms with Crippen molar-refractivity contribution in [3.63, 3.8) is 0 Å². The molecule has 1 aromatic heterocycles. The van der Waals surface area contributed by atoms with Gasteiger partial charge < -0.3 is 5.32 Å². The number of nitrogens with one attached hydrogen (secondary N) is 1. The Bertz CT molecular complexity index is 229. The van der Waals surface area contributed by atoms with Crippen molar-refractivity contribution < 1.29 is 0 Å². The second kappa shape index (κ2) is 2.53. The monoisotopic (exact) mass is 173 g/mol. The van der Waals surface area contributed by atoms with Crippen LogP contribution in [0, 0.1) is 0 Å². The Morgan fingerprint density at radius 1 is 1.70 bits per heavy atom. The van der Waals surface area contributed by atoms with Crippen LogP contribution >= 0.6 is 22.9 Å². The Kier molecular flexibility index (Phi) is 1.68. The smallest absolute Gasteiger partial charge is 0.0976 e. The summed E-state index contributed by atoms with van der Waals surface area (Å²) in [4.78, 5) is 0. The Hall–Kier alpha value is -0.0500. The summed E-state index contributed by atoms with van der Waals surface area (Å²) in [5.41, 5.74) is 1.28. The summed E-state index contributed by atoms with van der Waals surface area (Å²) >= 11 is 7.53. The molecule has 1 N–H and O–H groups in total. The van der Waals surface area contributed by atoms with E-state index in [1.54, 1.807) is 11.3 Å². The minimum absolute atomic E-state index is 0.541. The van der Waals surface area contributed by atoms with Crippen molar-refractivity contribution in [2.24, 2.45) is 0 Å². The maximum absolute atomic E-state index is 5.93. The molecule has 0 aliphatic carbocycles. The molecule has 0 spiro atoms. The van der Waals surface area contributed by atoms with Crippen LogP contribution in [-0.2, 0) is 0 Å². The molecule has 0 amide bonds. The molecule has 0 bridgehead atoms. The summed E-state index contributed by atoms with van der Waals surface area (Å²) < 4.78 is 0.942. The lowest BCUT2D eigenvalue weighted by molar-refractivity contribution is 0.384. The highest BCUT2D eigenvalue weighted by molar-refractivity contribution is 7.14. The molecule has 1 aromatic rings. The van der Waals surface area contributed by atoms with Crippen LogP contribution in [0.25, 0.3) is 0 Å². The number of hydrogen-bond acceptors (Lipinski definition) is 2. The fourth-order valence-corrected chi connectivity index (χ4v) is 2.14. The van der Waals surface area contributed by atoms with Crippen molar-refractivity contribution in [2.45, 2.75) is 12.5 Å². The average molecular weight is 174 g/mol. The van der Waals surface area contributed by atoms with Crippen molar-refractivity contribution >= 4 is 22.9 Å². The van der Waals surface area contributed by atoms with Crippen LogP contribution in [0.1, 0.15) is 18.0 Å². The minimum atomic E-state index is 0.541. The van der Waals surface area contributed by atoms with E-state index in [0.717, 1.165) is 10.9 Å². The van der Waals surface area contributed by atoms with Crippen molar-refractivity contribution in [3.8, 4) is 0 Å². The number of hydrogen-bond donors (Lipinski definition) is 1. The topological polar surface area (TPSA) is 12.0 Å². The zero-order valence-electron chi connectivity index (χ0n) is 5.43. The molecular weight excluding hydrogens is 166 g/mol. The fraction of sp³-hybridized carbons (Fsp3) is 0.429. The van der Waals surface area contributed by atoms with Gasteiger partial charge in [-0.05, 0) is 30.0 Å². The van der Waals surface area contributed by atoms with Crippen LogP contribution in [0.15, 0.2) is 11.4 Å². The molecule has 1 atom stereocenters. The van der Waals surface area contributed by atoms with E-state index in [0.29, 0.717) is 6.04 Å². The molecule has 1 fully saturated rings. The Labute approximate surface area is 69.0 Å². The molecule has 1 saturated heterocycles. The Morgan fingerprint density at radius 2 is 2.50 bits per heavy atom. The molecule has 0 aromatic carbocycles. The molecule has 3 heteroatoms. The van der Waals surface area contributed by atoms with E-state index in [9.17, 15) is 0 Å². The van der Waals surface area contributed by atoms with Crippen molar-refractivity contribution in [3.05, 3.63) is 21.3 Å². The van der Waals surface area contributed by atoms with Crippen LogP contribution < -0.4 is 5.32 Å². The van der Waals surface area contributed by atoms with Crippen molar-refractivity contribution in [1.82, 2.24) is 5.32 Å². The standard InChI is InChI=1S/C7H8ClNS/c8-7-5(2-4-10-7)6-1-3-9-6/h2,4,6,9H,1,3H2/t6-/m0/s1. The third kappa shape index (κ3) is 0.965. The molecule has 1 nitrogen and oxygen atoms in total. The quantitative estimate of drug-likeness (QED) is 0.688. The van der Waals surface area contributed by atoms with Gasteiger partial charge in [-0.25, -0.2) is 0 Å². The predicted molar refractivity (Wildman–Crippen MR) is 44.7 cm³/mol. The Morgan fingerprint density at radius 3 is 2.90 bits per heavy atom. The van der Waals surface area contributed by atoms with Crippen LogP contribution in [0.5, 0.6) is 0 Å². The van der Waals surface area contributed by atoms with E-state index in [1.807, 2.05) is 5.38 Å². The first-order valence-electron chi connectivity index (χ1n) is 3.34. The minimum Gasteiger partial charge on any atom is -0.310 e. The summed E-state index contributed by atoms with van der Waals surface area (Å²) in [7, 11) is 0. The Balaban J connectivity index is 2.23. The predicted octanol–water partition coefficient (Wildman–Crippen LogP) is 2.44. The molecule has 10 heavy (non-hydrogen) atoms. The van der Waals surface area contributed by atoms with Crippen LogP contribution in [-0.4, -0.2) is 6.54 Å². The van der Waals surface area contributed by atoms with Gasteiger partial charge in [0.05, 0.1) is 4.34 Å². The third-order valence-electron chi connectivity index (χ3n) is 1.85. The third-order valence-corrected chi connectivity index (χ3v) is 3.05. The largest absolute Gasteiger partial charge is 0.310 e. The van der Waals surface area contributed by atoms with Gasteiger partial charge in [-0.15, -0.1) is 11.3 Å². The average Bonchev–Trinajstić information content (AvgIpc) is 2.12. The second-order valence-corrected chi connectivity index (χ2v) is 3.96. The maximum Gasteiger partial charge on any atom is 0.0976 e. The fourth-order valence-electron chi connectivity index (χ4n) is 1.11. The van der Waals surface area contributed by atoms with Gasteiger partial charge in [0.25, 0.3) is 0 Å². The first-order chi connectivity index (χ1) is 4.88. The highest BCUT2D eigenvalue weighted by Crippen LogP contribution is 2.32. The molecule has 0 unspecified atom stereocenters. The van der Waals surface area contributed by atoms with Gasteiger partial charge in [0.15, 0.2) is 0 Å². The van der Waals surface area contributed by atoms with Crippen LogP contribution in [0.3, 0.4) is 0 Å². The number of halogens is 1. The lowest BCUT2D eigenvalue weighted by Gasteiger charge is -2.27. The SMILES string of the molecule is Clc1sccc1[C@@H]1CCN1. The summed E-state index contributed by atoms with van der Waals surface area (Å²) in [5, 5.41) is 5.35. The summed E-state index contributed by atoms with van der Waals surface area (Å²) in [6.07, 6.45) is 1.23. The van der Waals surface area contributed by atoms with E-state index in [2.05, 4.69) is 11.4 Å². The van der Waals surface area contributed by atoms with Gasteiger partial charge in [0, 0.05) is 6.04 Å². The van der Waals surface area contributed by atoms with E-state index in [4.69, 9.17) is 11.6 Å². The van der Waals surface area contributed by atoms with E-state index >= 15 is 0 Å². The van der Waals surface area contributed by atoms with E-state index in [1.165, 1.54) is 12.0 Å². The number of rotatable bonds is 1. The van der Waals surface area contributed by atoms with Crippen molar-refractivity contribution in [2.75, 3.05) is 6.54 Å². The highest BCUT2D eigenvalue weighted by atomic mass is 35.5. The summed E-state index contributed by atoms with van der Waals surface area (Å²) in [6.45, 7) is 1.14. The zero-order valence-corrected chi connectivity index (χ0v) is 7.00. The molecule has 2 rings (SSSR count). The highest BCUT2D eigenvalue weighted by Gasteiger charge is 2.20. The van der Waals surface area contributed by atoms with Gasteiger partial charge in [-0.2, -0.15) is 0 Å². The first-order valence-corrected chi connectivity index (χ1v) is 4.60. The lowest BCUT2D eigenvalue weighted by atomic mass is 10.0. The normalized spacial score (nSPS) is 24.3. The van der Waals surface area contributed by atoms with Crippen molar-refractivity contribution in [1.29, 1.82) is 0 Å². The van der Waals surface area contributed by atoms with Gasteiger partial charge in [-0.1, -0.05) is 11.6 Å². The number of thiophene rings is 1. The molecular formula is C7H8ClNS. The van der Waals surface area contributed by atoms with E-state index < -0.39 is 0 Å². The summed E-state index contributed by atoms with van der Waals surface area (Å²) in [5.74, 6) is 0. The molecule has 0 radical (unpaired) electrons. The second-order valence-electron chi connectivity index (χ2n) is 2.45. The zero-order chi connectivity index (χ0) is 6.97. The lowest BCUT2D eigenvalue weighted by Crippen LogP contribution is -2.34. The molecule has 0 saturated carbocycles. The van der Waals surface area contributed by atoms with Gasteiger partial charge in [-0.3, -0.25) is 0 Å². The first kappa shape index (κ1) is 6.65. The van der Waals surface area contributed by atoms with E-state index in [-0.39, 0.29) is 0 Å². The summed E-state index contributed by atoms with van der Waals surface area (Å²) in [6, 6.07) is 2.64. The van der Waals surface area contributed by atoms with Gasteiger partial charge in [0.2, 0.25) is 0 Å². The van der Waals surface area contributed by atoms with Gasteiger partial charge >= 0.3 is 0 Å². The molecule has 2 heterocycles. The van der Waals surface area contributed by atoms with Gasteiger partial charge in [0.1, 0.15) is 0 Å². The maximum atomic E-state index is 5.93.